The van der Waals surface area contributed by atoms with Crippen LogP contribution in [-0.2, 0) is 16.2 Å². The first-order chi connectivity index (χ1) is 17.7. The summed E-state index contributed by atoms with van der Waals surface area (Å²) in [7, 11) is -1.51. The highest BCUT2D eigenvalue weighted by Gasteiger charge is 2.39. The number of benzene rings is 2. The van der Waals surface area contributed by atoms with Gasteiger partial charge in [-0.1, -0.05) is 29.3 Å². The van der Waals surface area contributed by atoms with Crippen molar-refractivity contribution in [3.8, 4) is 0 Å². The van der Waals surface area contributed by atoms with Crippen molar-refractivity contribution in [1.82, 2.24) is 14.1 Å². The average molecular weight is 593 g/mol. The predicted molar refractivity (Wildman–Crippen MR) is 142 cm³/mol. The van der Waals surface area contributed by atoms with Crippen LogP contribution < -0.4 is 4.90 Å². The second kappa shape index (κ2) is 11.1. The van der Waals surface area contributed by atoms with E-state index in [2.05, 4.69) is 0 Å². The van der Waals surface area contributed by atoms with Crippen molar-refractivity contribution < 1.29 is 26.4 Å². The number of alkyl halides is 3. The second-order valence-corrected chi connectivity index (χ2v) is 12.6. The minimum atomic E-state index is -4.41. The van der Waals surface area contributed by atoms with Crippen LogP contribution in [0.4, 0.5) is 23.7 Å². The molecule has 2 heterocycles. The Morgan fingerprint density at radius 3 is 2.16 bits per heavy atom. The molecule has 38 heavy (non-hydrogen) atoms. The summed E-state index contributed by atoms with van der Waals surface area (Å²) in [6, 6.07) is 10.2. The molecule has 0 saturated carbocycles. The lowest BCUT2D eigenvalue weighted by atomic mass is 9.88. The summed E-state index contributed by atoms with van der Waals surface area (Å²) in [5.41, 5.74) is 0.840. The van der Waals surface area contributed by atoms with E-state index in [4.69, 9.17) is 23.2 Å². The fourth-order valence-corrected chi connectivity index (χ4v) is 6.24. The van der Waals surface area contributed by atoms with Crippen LogP contribution in [0.2, 0.25) is 10.0 Å². The van der Waals surface area contributed by atoms with Gasteiger partial charge in [-0.2, -0.15) is 17.5 Å². The Balaban J connectivity index is 1.51. The molecule has 0 N–H and O–H groups in total. The maximum atomic E-state index is 13.4. The van der Waals surface area contributed by atoms with Crippen LogP contribution in [0.3, 0.4) is 0 Å². The second-order valence-electron chi connectivity index (χ2n) is 9.80. The Hall–Kier alpha value is -2.21. The van der Waals surface area contributed by atoms with E-state index in [0.717, 1.165) is 24.0 Å². The zero-order valence-corrected chi connectivity index (χ0v) is 23.3. The maximum absolute atomic E-state index is 13.4. The minimum absolute atomic E-state index is 0.0409. The normalized spacial score (nSPS) is 21.1. The van der Waals surface area contributed by atoms with Crippen molar-refractivity contribution in [1.29, 1.82) is 0 Å². The van der Waals surface area contributed by atoms with Gasteiger partial charge in [-0.25, -0.2) is 13.2 Å². The smallest absolute Gasteiger partial charge is 0.374 e. The number of urea groups is 1. The molecule has 208 valence electrons. The molecule has 2 fully saturated rings. The third-order valence-electron chi connectivity index (χ3n) is 7.21. The first-order valence-corrected chi connectivity index (χ1v) is 14.7. The Morgan fingerprint density at radius 2 is 1.61 bits per heavy atom. The van der Waals surface area contributed by atoms with E-state index >= 15 is 0 Å². The zero-order valence-electron chi connectivity index (χ0n) is 21.0. The van der Waals surface area contributed by atoms with E-state index in [0.29, 0.717) is 48.5 Å². The minimum Gasteiger partial charge on any atom is -0.374 e. The number of piperazine rings is 1. The lowest BCUT2D eigenvalue weighted by molar-refractivity contribution is -0.137. The maximum Gasteiger partial charge on any atom is 0.416 e. The van der Waals surface area contributed by atoms with Crippen LogP contribution in [0.15, 0.2) is 42.5 Å². The SMILES string of the molecule is CN(C[C@H]1CN(C(=O)N2CCN(S(C)(=O)=O)CC2)C[C@@H]1c1ccc(Cl)c(Cl)c1)c1ccc(C(F)(F)F)cc1. The van der Waals surface area contributed by atoms with Gasteiger partial charge in [-0.3, -0.25) is 0 Å². The van der Waals surface area contributed by atoms with Crippen LogP contribution in [0.1, 0.15) is 17.0 Å². The molecular weight excluding hydrogens is 564 g/mol. The van der Waals surface area contributed by atoms with E-state index in [-0.39, 0.29) is 31.0 Å². The molecule has 0 unspecified atom stereocenters. The number of hydrogen-bond donors (Lipinski definition) is 0. The Bertz CT molecular complexity index is 1270. The van der Waals surface area contributed by atoms with Gasteiger partial charge in [0.2, 0.25) is 10.0 Å². The van der Waals surface area contributed by atoms with Gasteiger partial charge in [0, 0.05) is 70.4 Å². The van der Waals surface area contributed by atoms with Gasteiger partial charge in [0.25, 0.3) is 0 Å². The molecule has 0 aliphatic carbocycles. The fourth-order valence-electron chi connectivity index (χ4n) is 5.11. The summed E-state index contributed by atoms with van der Waals surface area (Å²) in [6.07, 6.45) is -3.25. The zero-order chi connectivity index (χ0) is 27.8. The van der Waals surface area contributed by atoms with Gasteiger partial charge in [-0.15, -0.1) is 0 Å². The lowest BCUT2D eigenvalue weighted by Gasteiger charge is -2.35. The van der Waals surface area contributed by atoms with Crippen molar-refractivity contribution in [3.63, 3.8) is 0 Å². The Kier molecular flexibility index (Phi) is 8.42. The van der Waals surface area contributed by atoms with Crippen LogP contribution in [0.5, 0.6) is 0 Å². The van der Waals surface area contributed by atoms with Gasteiger partial charge >= 0.3 is 12.2 Å². The molecule has 2 saturated heterocycles. The molecule has 4 rings (SSSR count). The van der Waals surface area contributed by atoms with Gasteiger partial charge in [-0.05, 0) is 42.0 Å². The number of halogens is 5. The largest absolute Gasteiger partial charge is 0.416 e. The molecule has 2 aromatic carbocycles. The van der Waals surface area contributed by atoms with Gasteiger partial charge in [0.15, 0.2) is 0 Å². The monoisotopic (exact) mass is 592 g/mol. The van der Waals surface area contributed by atoms with E-state index in [1.165, 1.54) is 16.4 Å². The highest BCUT2D eigenvalue weighted by molar-refractivity contribution is 7.88. The number of hydrogen-bond acceptors (Lipinski definition) is 4. The van der Waals surface area contributed by atoms with Crippen LogP contribution >= 0.6 is 23.2 Å². The molecule has 0 spiro atoms. The van der Waals surface area contributed by atoms with Gasteiger partial charge in [0.1, 0.15) is 0 Å². The number of carbonyl (C=O) groups excluding carboxylic acids is 1. The van der Waals surface area contributed by atoms with E-state index < -0.39 is 21.8 Å². The standard InChI is InChI=1S/C25H29Cl2F3N4O3S/c1-31(20-6-4-19(5-7-20)25(28,29)30)14-18-15-33(16-21(18)17-3-8-22(26)23(27)13-17)24(35)32-9-11-34(12-10-32)38(2,36)37/h3-8,13,18,21H,9-12,14-16H2,1-2H3/t18-,21+/m0/s1. The van der Waals surface area contributed by atoms with Crippen LogP contribution in [0.25, 0.3) is 0 Å². The number of sulfonamides is 1. The molecule has 2 amide bonds. The number of nitrogens with zero attached hydrogens (tertiary/aromatic N) is 4. The third kappa shape index (κ3) is 6.50. The van der Waals surface area contributed by atoms with Crippen molar-refractivity contribution >= 4 is 44.9 Å². The number of anilines is 1. The number of rotatable bonds is 5. The summed E-state index contributed by atoms with van der Waals surface area (Å²) < 4.78 is 64.0. The van der Waals surface area contributed by atoms with Crippen molar-refractivity contribution in [3.05, 3.63) is 63.6 Å². The third-order valence-corrected chi connectivity index (χ3v) is 9.25. The Labute approximate surface area is 230 Å². The summed E-state index contributed by atoms with van der Waals surface area (Å²) in [4.78, 5) is 18.7. The number of likely N-dealkylation sites (tertiary alicyclic amines) is 1. The average Bonchev–Trinajstić information content (AvgIpc) is 3.28. The van der Waals surface area contributed by atoms with Gasteiger partial charge < -0.3 is 14.7 Å². The lowest BCUT2D eigenvalue weighted by Crippen LogP contribution is -2.53. The van der Waals surface area contributed by atoms with E-state index in [1.807, 2.05) is 18.0 Å². The first kappa shape index (κ1) is 28.8. The topological polar surface area (TPSA) is 64.2 Å². The molecular formula is C25H29Cl2F3N4O3S. The van der Waals surface area contributed by atoms with Crippen LogP contribution in [-0.4, -0.2) is 87.7 Å². The van der Waals surface area contributed by atoms with Crippen LogP contribution in [0, 0.1) is 5.92 Å². The van der Waals surface area contributed by atoms with Crippen molar-refractivity contribution in [2.24, 2.45) is 5.92 Å². The highest BCUT2D eigenvalue weighted by Crippen LogP contribution is 2.37. The molecule has 0 radical (unpaired) electrons. The molecule has 7 nitrogen and oxygen atoms in total. The molecule has 2 aromatic rings. The summed E-state index contributed by atoms with van der Waals surface area (Å²) in [5.74, 6) is -0.122. The van der Waals surface area contributed by atoms with Crippen molar-refractivity contribution in [2.75, 3.05) is 64.0 Å². The van der Waals surface area contributed by atoms with Gasteiger partial charge in [0.05, 0.1) is 21.9 Å². The van der Waals surface area contributed by atoms with E-state index in [9.17, 15) is 26.4 Å². The highest BCUT2D eigenvalue weighted by atomic mass is 35.5. The summed E-state index contributed by atoms with van der Waals surface area (Å²) in [5, 5.41) is 0.823. The molecule has 0 aromatic heterocycles. The quantitative estimate of drug-likeness (QED) is 0.497. The number of amides is 2. The Morgan fingerprint density at radius 1 is 0.974 bits per heavy atom. The predicted octanol–water partition coefficient (Wildman–Crippen LogP) is 4.86. The first-order valence-electron chi connectivity index (χ1n) is 12.1. The molecule has 2 aliphatic heterocycles. The number of carbonyl (C=O) groups is 1. The fraction of sp³-hybridized carbons (Fsp3) is 0.480. The summed E-state index contributed by atoms with van der Waals surface area (Å²) >= 11 is 12.4. The molecule has 0 bridgehead atoms. The van der Waals surface area contributed by atoms with Crippen molar-refractivity contribution in [2.45, 2.75) is 12.1 Å². The van der Waals surface area contributed by atoms with E-state index in [1.54, 1.807) is 21.9 Å². The molecule has 2 aliphatic rings. The molecule has 13 heteroatoms. The molecule has 2 atom stereocenters. The summed E-state index contributed by atoms with van der Waals surface area (Å²) in [6.45, 7) is 2.44.